The molecule has 2 atom stereocenters. The molecule has 1 fully saturated rings. The van der Waals surface area contributed by atoms with Gasteiger partial charge >= 0.3 is 0 Å². The van der Waals surface area contributed by atoms with E-state index in [9.17, 15) is 0 Å². The number of aromatic nitrogens is 2. The molecular weight excluding hydrogens is 210 g/mol. The number of alkyl halides is 1. The van der Waals surface area contributed by atoms with E-state index < -0.39 is 0 Å². The zero-order chi connectivity index (χ0) is 10.7. The zero-order valence-corrected chi connectivity index (χ0v) is 9.87. The molecule has 1 saturated carbocycles. The number of aryl methyl sites for hydroxylation is 1. The molecule has 1 heterocycles. The maximum absolute atomic E-state index is 6.30. The Kier molecular flexibility index (Phi) is 3.52. The van der Waals surface area contributed by atoms with Crippen LogP contribution in [-0.2, 0) is 6.54 Å². The summed E-state index contributed by atoms with van der Waals surface area (Å²) in [7, 11) is 0. The number of nitrogens with one attached hydrogen (secondary N) is 1. The maximum atomic E-state index is 6.30. The monoisotopic (exact) mass is 227 g/mol. The van der Waals surface area contributed by atoms with Crippen LogP contribution in [0.4, 0.5) is 5.95 Å². The number of halogens is 1. The van der Waals surface area contributed by atoms with Gasteiger partial charge in [0.15, 0.2) is 0 Å². The number of hydrogen-bond acceptors (Lipinski definition) is 2. The van der Waals surface area contributed by atoms with Gasteiger partial charge in [-0.05, 0) is 19.8 Å². The van der Waals surface area contributed by atoms with Gasteiger partial charge in [0.25, 0.3) is 0 Å². The van der Waals surface area contributed by atoms with Crippen molar-refractivity contribution in [2.75, 3.05) is 5.32 Å². The molecular formula is C11H18ClN3. The van der Waals surface area contributed by atoms with E-state index in [1.54, 1.807) is 0 Å². The lowest BCUT2D eigenvalue weighted by molar-refractivity contribution is 0.466. The Morgan fingerprint density at radius 3 is 3.07 bits per heavy atom. The van der Waals surface area contributed by atoms with Gasteiger partial charge in [0.05, 0.1) is 5.38 Å². The summed E-state index contributed by atoms with van der Waals surface area (Å²) in [5.41, 5.74) is 0. The van der Waals surface area contributed by atoms with E-state index in [0.717, 1.165) is 25.3 Å². The second-order valence-electron chi connectivity index (χ2n) is 4.09. The summed E-state index contributed by atoms with van der Waals surface area (Å²) in [5, 5.41) is 3.70. The Bertz CT molecular complexity index is 311. The van der Waals surface area contributed by atoms with Crippen LogP contribution in [0, 0.1) is 0 Å². The molecule has 3 nitrogen and oxygen atoms in total. The van der Waals surface area contributed by atoms with Crippen LogP contribution in [0.1, 0.15) is 32.6 Å². The van der Waals surface area contributed by atoms with Gasteiger partial charge in [0.2, 0.25) is 5.95 Å². The smallest absolute Gasteiger partial charge is 0.203 e. The van der Waals surface area contributed by atoms with Crippen LogP contribution < -0.4 is 5.32 Å². The topological polar surface area (TPSA) is 29.9 Å². The summed E-state index contributed by atoms with van der Waals surface area (Å²) < 4.78 is 2.11. The highest BCUT2D eigenvalue weighted by Gasteiger charge is 2.23. The lowest BCUT2D eigenvalue weighted by Gasteiger charge is -2.28. The predicted octanol–water partition coefficient (Wildman–Crippen LogP) is 2.86. The van der Waals surface area contributed by atoms with E-state index in [4.69, 9.17) is 11.6 Å². The minimum Gasteiger partial charge on any atom is -0.351 e. The van der Waals surface area contributed by atoms with Crippen molar-refractivity contribution in [1.29, 1.82) is 0 Å². The van der Waals surface area contributed by atoms with Crippen molar-refractivity contribution in [3.63, 3.8) is 0 Å². The highest BCUT2D eigenvalue weighted by molar-refractivity contribution is 6.21. The first-order chi connectivity index (χ1) is 7.31. The molecule has 0 spiro atoms. The molecule has 4 heteroatoms. The Balaban J connectivity index is 2.01. The van der Waals surface area contributed by atoms with Crippen molar-refractivity contribution in [2.45, 2.75) is 50.6 Å². The van der Waals surface area contributed by atoms with Crippen molar-refractivity contribution in [3.05, 3.63) is 12.4 Å². The van der Waals surface area contributed by atoms with Gasteiger partial charge in [-0.2, -0.15) is 0 Å². The van der Waals surface area contributed by atoms with Crippen LogP contribution in [0.15, 0.2) is 12.4 Å². The third-order valence-electron chi connectivity index (χ3n) is 3.05. The normalized spacial score (nSPS) is 26.5. The SMILES string of the molecule is CCn1ccnc1NC1CCCCC1Cl. The molecule has 0 amide bonds. The van der Waals surface area contributed by atoms with Crippen molar-refractivity contribution < 1.29 is 0 Å². The summed E-state index contributed by atoms with van der Waals surface area (Å²) in [6.07, 6.45) is 8.63. The fourth-order valence-electron chi connectivity index (χ4n) is 2.12. The van der Waals surface area contributed by atoms with Crippen molar-refractivity contribution in [3.8, 4) is 0 Å². The van der Waals surface area contributed by atoms with Crippen LogP contribution >= 0.6 is 11.6 Å². The fraction of sp³-hybridized carbons (Fsp3) is 0.727. The molecule has 1 N–H and O–H groups in total. The van der Waals surface area contributed by atoms with Crippen molar-refractivity contribution in [1.82, 2.24) is 9.55 Å². The third-order valence-corrected chi connectivity index (χ3v) is 3.57. The molecule has 2 rings (SSSR count). The fourth-order valence-corrected chi connectivity index (χ4v) is 2.46. The molecule has 0 aromatic carbocycles. The Labute approximate surface area is 95.8 Å². The van der Waals surface area contributed by atoms with Crippen LogP contribution in [0.3, 0.4) is 0 Å². The number of imidazole rings is 1. The summed E-state index contributed by atoms with van der Waals surface area (Å²) >= 11 is 6.30. The van der Waals surface area contributed by atoms with E-state index >= 15 is 0 Å². The molecule has 1 aliphatic rings. The lowest BCUT2D eigenvalue weighted by atomic mass is 9.95. The standard InChI is InChI=1S/C11H18ClN3/c1-2-15-8-7-13-11(15)14-10-6-4-3-5-9(10)12/h7-10H,2-6H2,1H3,(H,13,14). The quantitative estimate of drug-likeness (QED) is 0.805. The third kappa shape index (κ3) is 2.46. The first-order valence-corrected chi connectivity index (χ1v) is 6.16. The van der Waals surface area contributed by atoms with E-state index in [0.29, 0.717) is 6.04 Å². The van der Waals surface area contributed by atoms with Gasteiger partial charge in [-0.25, -0.2) is 4.98 Å². The molecule has 15 heavy (non-hydrogen) atoms. The number of nitrogens with zero attached hydrogens (tertiary/aromatic N) is 2. The molecule has 0 aliphatic heterocycles. The number of hydrogen-bond donors (Lipinski definition) is 1. The van der Waals surface area contributed by atoms with Gasteiger partial charge in [-0.3, -0.25) is 0 Å². The average molecular weight is 228 g/mol. The van der Waals surface area contributed by atoms with Gasteiger partial charge in [0, 0.05) is 25.0 Å². The molecule has 0 saturated heterocycles. The number of rotatable bonds is 3. The van der Waals surface area contributed by atoms with Crippen LogP contribution in [-0.4, -0.2) is 21.0 Å². The van der Waals surface area contributed by atoms with Crippen LogP contribution in [0.2, 0.25) is 0 Å². The summed E-state index contributed by atoms with van der Waals surface area (Å²) in [6, 6.07) is 0.383. The first kappa shape index (κ1) is 10.8. The first-order valence-electron chi connectivity index (χ1n) is 5.73. The van der Waals surface area contributed by atoms with Crippen LogP contribution in [0.25, 0.3) is 0 Å². The van der Waals surface area contributed by atoms with E-state index in [2.05, 4.69) is 21.8 Å². The second-order valence-corrected chi connectivity index (χ2v) is 4.65. The predicted molar refractivity (Wildman–Crippen MR) is 63.4 cm³/mol. The number of anilines is 1. The molecule has 1 aromatic heterocycles. The van der Waals surface area contributed by atoms with Crippen molar-refractivity contribution >= 4 is 17.5 Å². The summed E-state index contributed by atoms with van der Waals surface area (Å²) in [5.74, 6) is 0.954. The molecule has 2 unspecified atom stereocenters. The van der Waals surface area contributed by atoms with E-state index in [-0.39, 0.29) is 5.38 Å². The molecule has 1 aromatic rings. The van der Waals surface area contributed by atoms with Gasteiger partial charge in [-0.15, -0.1) is 11.6 Å². The Hall–Kier alpha value is -0.700. The van der Waals surface area contributed by atoms with E-state index in [1.807, 2.05) is 12.4 Å². The zero-order valence-electron chi connectivity index (χ0n) is 9.12. The minimum atomic E-state index is 0.251. The molecule has 1 aliphatic carbocycles. The van der Waals surface area contributed by atoms with Crippen LogP contribution in [0.5, 0.6) is 0 Å². The highest BCUT2D eigenvalue weighted by Crippen LogP contribution is 2.25. The largest absolute Gasteiger partial charge is 0.351 e. The van der Waals surface area contributed by atoms with Crippen molar-refractivity contribution in [2.24, 2.45) is 0 Å². The minimum absolute atomic E-state index is 0.251. The highest BCUT2D eigenvalue weighted by atomic mass is 35.5. The van der Waals surface area contributed by atoms with E-state index in [1.165, 1.54) is 12.8 Å². The van der Waals surface area contributed by atoms with Gasteiger partial charge < -0.3 is 9.88 Å². The average Bonchev–Trinajstić information content (AvgIpc) is 2.69. The molecule has 0 bridgehead atoms. The Morgan fingerprint density at radius 2 is 2.33 bits per heavy atom. The van der Waals surface area contributed by atoms with Gasteiger partial charge in [0.1, 0.15) is 0 Å². The van der Waals surface area contributed by atoms with Gasteiger partial charge in [-0.1, -0.05) is 12.8 Å². The lowest BCUT2D eigenvalue weighted by Crippen LogP contribution is -2.33. The molecule has 0 radical (unpaired) electrons. The second kappa shape index (κ2) is 4.88. The maximum Gasteiger partial charge on any atom is 0.203 e. The summed E-state index contributed by atoms with van der Waals surface area (Å²) in [4.78, 5) is 4.31. The summed E-state index contributed by atoms with van der Waals surface area (Å²) in [6.45, 7) is 3.06. The Morgan fingerprint density at radius 1 is 1.53 bits per heavy atom. The molecule has 84 valence electrons.